The predicted molar refractivity (Wildman–Crippen MR) is 90.7 cm³/mol. The molecule has 2 rings (SSSR count). The van der Waals surface area contributed by atoms with Crippen molar-refractivity contribution in [3.8, 4) is 0 Å². The van der Waals surface area contributed by atoms with Crippen molar-refractivity contribution in [2.24, 2.45) is 14.1 Å². The smallest absolute Gasteiger partial charge is 0.316 e. The van der Waals surface area contributed by atoms with Gasteiger partial charge in [0, 0.05) is 19.8 Å². The van der Waals surface area contributed by atoms with Crippen molar-refractivity contribution in [2.45, 2.75) is 50.6 Å². The average molecular weight is 324 g/mol. The number of nitrogens with one attached hydrogen (secondary N) is 1. The third kappa shape index (κ3) is 3.63. The van der Waals surface area contributed by atoms with Gasteiger partial charge < -0.3 is 4.57 Å². The van der Waals surface area contributed by atoms with Crippen LogP contribution >= 0.6 is 11.8 Å². The van der Waals surface area contributed by atoms with Gasteiger partial charge in [-0.1, -0.05) is 50.8 Å². The van der Waals surface area contributed by atoms with E-state index in [1.165, 1.54) is 36.7 Å². The van der Waals surface area contributed by atoms with Crippen molar-refractivity contribution >= 4 is 22.9 Å². The van der Waals surface area contributed by atoms with Crippen molar-refractivity contribution in [1.29, 1.82) is 0 Å². The first kappa shape index (κ1) is 16.9. The molecule has 0 unspecified atom stereocenters. The van der Waals surface area contributed by atoms with Crippen LogP contribution in [0.3, 0.4) is 0 Å². The van der Waals surface area contributed by atoms with Gasteiger partial charge in [0.05, 0.1) is 0 Å². The lowest BCUT2D eigenvalue weighted by atomic mass is 10.1. The van der Waals surface area contributed by atoms with E-state index in [-0.39, 0.29) is 5.56 Å². The minimum Gasteiger partial charge on any atom is -0.316 e. The van der Waals surface area contributed by atoms with Crippen molar-refractivity contribution in [3.63, 3.8) is 0 Å². The third-order valence-electron chi connectivity index (χ3n) is 3.82. The molecule has 0 spiro atoms. The fourth-order valence-corrected chi connectivity index (χ4v) is 3.43. The molecule has 0 aliphatic heterocycles. The molecule has 22 heavy (non-hydrogen) atoms. The average Bonchev–Trinajstić information content (AvgIpc) is 2.82. The maximum absolute atomic E-state index is 11.9. The Bertz CT molecular complexity index is 744. The number of unbranched alkanes of at least 4 members (excludes halogenated alkanes) is 5. The number of rotatable bonds is 8. The minimum absolute atomic E-state index is 0.375. The summed E-state index contributed by atoms with van der Waals surface area (Å²) >= 11 is 1.64. The molecule has 1 N–H and O–H groups in total. The SMILES string of the molecule is CCCCCCCCSc1nc2c(c(=O)[nH]c(=O)n2C)n1C. The fourth-order valence-electron chi connectivity index (χ4n) is 2.46. The van der Waals surface area contributed by atoms with Crippen LogP contribution in [0.4, 0.5) is 0 Å². The largest absolute Gasteiger partial charge is 0.329 e. The van der Waals surface area contributed by atoms with Crippen LogP contribution in [-0.2, 0) is 14.1 Å². The maximum atomic E-state index is 11.9. The number of thioether (sulfide) groups is 1. The van der Waals surface area contributed by atoms with E-state index < -0.39 is 5.69 Å². The number of hydrogen-bond acceptors (Lipinski definition) is 4. The van der Waals surface area contributed by atoms with Gasteiger partial charge >= 0.3 is 5.69 Å². The van der Waals surface area contributed by atoms with E-state index in [0.29, 0.717) is 11.2 Å². The molecule has 0 aliphatic rings. The Balaban J connectivity index is 2.02. The van der Waals surface area contributed by atoms with Crippen LogP contribution < -0.4 is 11.2 Å². The molecule has 0 aromatic carbocycles. The molecule has 0 amide bonds. The Morgan fingerprint density at radius 2 is 1.73 bits per heavy atom. The summed E-state index contributed by atoms with van der Waals surface area (Å²) in [5.41, 5.74) is 0.0943. The van der Waals surface area contributed by atoms with Crippen LogP contribution in [0.5, 0.6) is 0 Å². The first-order valence-electron chi connectivity index (χ1n) is 7.84. The molecule has 122 valence electrons. The lowest BCUT2D eigenvalue weighted by Crippen LogP contribution is -2.29. The highest BCUT2D eigenvalue weighted by atomic mass is 32.2. The van der Waals surface area contributed by atoms with Gasteiger partial charge in [0.15, 0.2) is 16.3 Å². The topological polar surface area (TPSA) is 72.7 Å². The summed E-state index contributed by atoms with van der Waals surface area (Å²) in [6.07, 6.45) is 7.55. The summed E-state index contributed by atoms with van der Waals surface area (Å²) in [5.74, 6) is 0.981. The maximum Gasteiger partial charge on any atom is 0.329 e. The molecule has 0 bridgehead atoms. The monoisotopic (exact) mass is 324 g/mol. The van der Waals surface area contributed by atoms with Gasteiger partial charge in [0.2, 0.25) is 0 Å². The number of imidazole rings is 1. The molecule has 2 aromatic heterocycles. The molecule has 0 saturated carbocycles. The second-order valence-electron chi connectivity index (χ2n) is 5.56. The first-order chi connectivity index (χ1) is 10.6. The minimum atomic E-state index is -0.428. The summed E-state index contributed by atoms with van der Waals surface area (Å²) in [7, 11) is 3.44. The normalized spacial score (nSPS) is 11.4. The number of H-pyrrole nitrogens is 1. The highest BCUT2D eigenvalue weighted by Crippen LogP contribution is 2.21. The molecule has 0 aliphatic carbocycles. The summed E-state index contributed by atoms with van der Waals surface area (Å²) in [4.78, 5) is 30.3. The Labute approximate surface area is 133 Å². The van der Waals surface area contributed by atoms with Crippen LogP contribution in [-0.4, -0.2) is 24.9 Å². The zero-order valence-corrected chi connectivity index (χ0v) is 14.3. The molecule has 0 radical (unpaired) electrons. The van der Waals surface area contributed by atoms with E-state index in [0.717, 1.165) is 17.3 Å². The van der Waals surface area contributed by atoms with Crippen molar-refractivity contribution in [1.82, 2.24) is 19.1 Å². The van der Waals surface area contributed by atoms with Gasteiger partial charge in [0.1, 0.15) is 0 Å². The number of hydrogen-bond donors (Lipinski definition) is 1. The molecular formula is C15H24N4O2S. The van der Waals surface area contributed by atoms with Gasteiger partial charge in [0.25, 0.3) is 5.56 Å². The second kappa shape index (κ2) is 7.67. The van der Waals surface area contributed by atoms with Gasteiger partial charge in [-0.15, -0.1) is 0 Å². The summed E-state index contributed by atoms with van der Waals surface area (Å²) in [6, 6.07) is 0. The Kier molecular flexibility index (Phi) is 5.88. The predicted octanol–water partition coefficient (Wildman–Crippen LogP) is 2.41. The highest BCUT2D eigenvalue weighted by Gasteiger charge is 2.14. The number of fused-ring (bicyclic) bond motifs is 1. The summed E-state index contributed by atoms with van der Waals surface area (Å²) in [5, 5.41) is 0.787. The Hall–Kier alpha value is -1.50. The fraction of sp³-hybridized carbons (Fsp3) is 0.667. The van der Waals surface area contributed by atoms with E-state index in [1.807, 2.05) is 7.05 Å². The van der Waals surface area contributed by atoms with E-state index >= 15 is 0 Å². The zero-order valence-electron chi connectivity index (χ0n) is 13.5. The Morgan fingerprint density at radius 1 is 1.05 bits per heavy atom. The van der Waals surface area contributed by atoms with E-state index in [2.05, 4.69) is 16.9 Å². The van der Waals surface area contributed by atoms with E-state index in [1.54, 1.807) is 23.4 Å². The van der Waals surface area contributed by atoms with Crippen LogP contribution in [0.25, 0.3) is 11.2 Å². The molecule has 0 fully saturated rings. The quantitative estimate of drug-likeness (QED) is 0.598. The van der Waals surface area contributed by atoms with E-state index in [9.17, 15) is 9.59 Å². The molecule has 0 atom stereocenters. The van der Waals surface area contributed by atoms with Gasteiger partial charge in [-0.05, 0) is 6.42 Å². The van der Waals surface area contributed by atoms with Gasteiger partial charge in [-0.3, -0.25) is 14.3 Å². The first-order valence-corrected chi connectivity index (χ1v) is 8.83. The van der Waals surface area contributed by atoms with Crippen LogP contribution in [0.15, 0.2) is 14.7 Å². The summed E-state index contributed by atoms with van der Waals surface area (Å²) in [6.45, 7) is 2.22. The Morgan fingerprint density at radius 3 is 2.45 bits per heavy atom. The number of aromatic amines is 1. The van der Waals surface area contributed by atoms with Crippen LogP contribution in [0.2, 0.25) is 0 Å². The van der Waals surface area contributed by atoms with Crippen LogP contribution in [0, 0.1) is 0 Å². The number of aryl methyl sites for hydroxylation is 2. The van der Waals surface area contributed by atoms with Crippen LogP contribution in [0.1, 0.15) is 45.4 Å². The highest BCUT2D eigenvalue weighted by molar-refractivity contribution is 7.99. The standard InChI is InChI=1S/C15H24N4O2S/c1-4-5-6-7-8-9-10-22-15-16-12-11(18(15)2)13(20)17-14(21)19(12)3/h4-10H2,1-3H3,(H,17,20,21). The van der Waals surface area contributed by atoms with Gasteiger partial charge in [-0.25, -0.2) is 9.78 Å². The molecule has 6 nitrogen and oxygen atoms in total. The second-order valence-corrected chi connectivity index (χ2v) is 6.62. The lowest BCUT2D eigenvalue weighted by Gasteiger charge is -2.02. The lowest BCUT2D eigenvalue weighted by molar-refractivity contribution is 0.626. The molecule has 2 heterocycles. The van der Waals surface area contributed by atoms with Gasteiger partial charge in [-0.2, -0.15) is 0 Å². The summed E-state index contributed by atoms with van der Waals surface area (Å²) < 4.78 is 3.15. The third-order valence-corrected chi connectivity index (χ3v) is 4.94. The molecule has 7 heteroatoms. The molecular weight excluding hydrogens is 300 g/mol. The van der Waals surface area contributed by atoms with E-state index in [4.69, 9.17) is 0 Å². The van der Waals surface area contributed by atoms with Crippen molar-refractivity contribution in [2.75, 3.05) is 5.75 Å². The number of nitrogens with zero attached hydrogens (tertiary/aromatic N) is 3. The van der Waals surface area contributed by atoms with Crippen molar-refractivity contribution in [3.05, 3.63) is 20.8 Å². The van der Waals surface area contributed by atoms with Crippen molar-refractivity contribution < 1.29 is 0 Å². The zero-order chi connectivity index (χ0) is 16.1. The number of aromatic nitrogens is 4. The molecule has 2 aromatic rings. The molecule has 0 saturated heterocycles.